The first-order chi connectivity index (χ1) is 10.5. The fraction of sp³-hybridized carbons (Fsp3) is 0.222. The van der Waals surface area contributed by atoms with Crippen LogP contribution in [0.4, 0.5) is 0 Å². The number of benzene rings is 2. The normalized spacial score (nSPS) is 10.3. The minimum atomic E-state index is -0.929. The molecule has 0 aromatic heterocycles. The van der Waals surface area contributed by atoms with E-state index in [1.807, 2.05) is 62.4 Å². The summed E-state index contributed by atoms with van der Waals surface area (Å²) in [5.41, 5.74) is 9.44. The Labute approximate surface area is 130 Å². The van der Waals surface area contributed by atoms with Crippen LogP contribution in [0.2, 0.25) is 0 Å². The van der Waals surface area contributed by atoms with Crippen LogP contribution in [0.15, 0.2) is 48.5 Å². The highest BCUT2D eigenvalue weighted by Crippen LogP contribution is 2.16. The lowest BCUT2D eigenvalue weighted by Crippen LogP contribution is -2.39. The van der Waals surface area contributed by atoms with Crippen LogP contribution in [-0.4, -0.2) is 16.7 Å². The summed E-state index contributed by atoms with van der Waals surface area (Å²) in [6.07, 6.45) is 0. The maximum Gasteiger partial charge on any atom is 0.312 e. The van der Waals surface area contributed by atoms with Crippen molar-refractivity contribution in [1.29, 1.82) is 0 Å². The predicted octanol–water partition coefficient (Wildman–Crippen LogP) is 2.32. The number of primary amides is 1. The third kappa shape index (κ3) is 3.73. The van der Waals surface area contributed by atoms with Gasteiger partial charge in [0.05, 0.1) is 0 Å². The first kappa shape index (κ1) is 15.8. The average Bonchev–Trinajstić information content (AvgIpc) is 2.51. The van der Waals surface area contributed by atoms with Crippen LogP contribution in [-0.2, 0) is 22.7 Å². The van der Waals surface area contributed by atoms with E-state index in [0.717, 1.165) is 22.3 Å². The van der Waals surface area contributed by atoms with E-state index in [4.69, 9.17) is 5.73 Å². The van der Waals surface area contributed by atoms with Gasteiger partial charge in [-0.2, -0.15) is 0 Å². The minimum Gasteiger partial charge on any atom is -0.361 e. The van der Waals surface area contributed by atoms with Crippen LogP contribution in [0.1, 0.15) is 22.3 Å². The molecule has 114 valence electrons. The SMILES string of the molecule is Cc1cccc(CN(Cc2ccccc2)C(=O)C(N)=O)c1C. The van der Waals surface area contributed by atoms with Crippen LogP contribution in [0.25, 0.3) is 0 Å². The van der Waals surface area contributed by atoms with E-state index in [1.165, 1.54) is 4.90 Å². The van der Waals surface area contributed by atoms with Crippen molar-refractivity contribution >= 4 is 11.8 Å². The van der Waals surface area contributed by atoms with Gasteiger partial charge in [-0.25, -0.2) is 0 Å². The fourth-order valence-corrected chi connectivity index (χ4v) is 2.35. The van der Waals surface area contributed by atoms with E-state index in [9.17, 15) is 9.59 Å². The van der Waals surface area contributed by atoms with Gasteiger partial charge in [0.1, 0.15) is 0 Å². The third-order valence-corrected chi connectivity index (χ3v) is 3.79. The van der Waals surface area contributed by atoms with E-state index in [2.05, 4.69) is 0 Å². The van der Waals surface area contributed by atoms with Gasteiger partial charge in [-0.3, -0.25) is 9.59 Å². The third-order valence-electron chi connectivity index (χ3n) is 3.79. The van der Waals surface area contributed by atoms with Gasteiger partial charge in [0, 0.05) is 13.1 Å². The quantitative estimate of drug-likeness (QED) is 0.880. The number of nitrogens with two attached hydrogens (primary N) is 1. The first-order valence-electron chi connectivity index (χ1n) is 7.16. The molecule has 4 heteroatoms. The Morgan fingerprint density at radius 3 is 2.27 bits per heavy atom. The van der Waals surface area contributed by atoms with Gasteiger partial charge < -0.3 is 10.6 Å². The molecular formula is C18H20N2O2. The molecule has 0 aliphatic carbocycles. The topological polar surface area (TPSA) is 63.4 Å². The van der Waals surface area contributed by atoms with Crippen molar-refractivity contribution in [2.24, 2.45) is 5.73 Å². The molecule has 4 nitrogen and oxygen atoms in total. The summed E-state index contributed by atoms with van der Waals surface area (Å²) in [6, 6.07) is 15.5. The Bertz CT molecular complexity index is 681. The lowest BCUT2D eigenvalue weighted by molar-refractivity contribution is -0.145. The Morgan fingerprint density at radius 1 is 0.955 bits per heavy atom. The Morgan fingerprint density at radius 2 is 1.64 bits per heavy atom. The number of rotatable bonds is 4. The van der Waals surface area contributed by atoms with Crippen molar-refractivity contribution in [2.45, 2.75) is 26.9 Å². The summed E-state index contributed by atoms with van der Waals surface area (Å²) in [5, 5.41) is 0. The van der Waals surface area contributed by atoms with E-state index < -0.39 is 11.8 Å². The molecule has 0 fully saturated rings. The monoisotopic (exact) mass is 296 g/mol. The molecule has 0 heterocycles. The van der Waals surface area contributed by atoms with Gasteiger partial charge in [-0.15, -0.1) is 0 Å². The Hall–Kier alpha value is -2.62. The molecule has 22 heavy (non-hydrogen) atoms. The second-order valence-corrected chi connectivity index (χ2v) is 5.37. The van der Waals surface area contributed by atoms with Crippen molar-refractivity contribution in [3.05, 3.63) is 70.8 Å². The van der Waals surface area contributed by atoms with Crippen molar-refractivity contribution in [3.8, 4) is 0 Å². The largest absolute Gasteiger partial charge is 0.361 e. The number of hydrogen-bond donors (Lipinski definition) is 1. The van der Waals surface area contributed by atoms with Gasteiger partial charge in [-0.1, -0.05) is 48.5 Å². The molecule has 2 N–H and O–H groups in total. The van der Waals surface area contributed by atoms with Crippen LogP contribution in [0.3, 0.4) is 0 Å². The van der Waals surface area contributed by atoms with Crippen molar-refractivity contribution < 1.29 is 9.59 Å². The highest BCUT2D eigenvalue weighted by atomic mass is 16.2. The second-order valence-electron chi connectivity index (χ2n) is 5.37. The number of carbonyl (C=O) groups excluding carboxylic acids is 2. The highest BCUT2D eigenvalue weighted by molar-refractivity contribution is 6.34. The number of hydrogen-bond acceptors (Lipinski definition) is 2. The number of carbonyl (C=O) groups is 2. The van der Waals surface area contributed by atoms with Gasteiger partial charge in [0.25, 0.3) is 0 Å². The standard InChI is InChI=1S/C18H20N2O2/c1-13-7-6-10-16(14(13)2)12-20(18(22)17(19)21)11-15-8-4-3-5-9-15/h3-10H,11-12H2,1-2H3,(H2,19,21). The summed E-state index contributed by atoms with van der Waals surface area (Å²) < 4.78 is 0. The minimum absolute atomic E-state index is 0.357. The lowest BCUT2D eigenvalue weighted by Gasteiger charge is -2.23. The van der Waals surface area contributed by atoms with Gasteiger partial charge in [0.15, 0.2) is 0 Å². The van der Waals surface area contributed by atoms with Gasteiger partial charge >= 0.3 is 11.8 Å². The summed E-state index contributed by atoms with van der Waals surface area (Å²) >= 11 is 0. The molecule has 0 bridgehead atoms. The molecule has 0 saturated heterocycles. The van der Waals surface area contributed by atoms with E-state index >= 15 is 0 Å². The summed E-state index contributed by atoms with van der Waals surface area (Å²) in [6.45, 7) is 4.76. The summed E-state index contributed by atoms with van der Waals surface area (Å²) in [4.78, 5) is 24.9. The molecule has 2 amide bonds. The molecule has 0 spiro atoms. The Balaban J connectivity index is 2.27. The molecular weight excluding hydrogens is 276 g/mol. The number of aryl methyl sites for hydroxylation is 1. The molecule has 0 atom stereocenters. The van der Waals surface area contributed by atoms with Gasteiger partial charge in [-0.05, 0) is 36.1 Å². The maximum atomic E-state index is 12.1. The van der Waals surface area contributed by atoms with Crippen LogP contribution < -0.4 is 5.73 Å². The van der Waals surface area contributed by atoms with Crippen molar-refractivity contribution in [1.82, 2.24) is 4.90 Å². The molecule has 0 radical (unpaired) electrons. The highest BCUT2D eigenvalue weighted by Gasteiger charge is 2.20. The molecule has 0 unspecified atom stereocenters. The predicted molar refractivity (Wildman–Crippen MR) is 85.8 cm³/mol. The fourth-order valence-electron chi connectivity index (χ4n) is 2.35. The molecule has 0 saturated carbocycles. The van der Waals surface area contributed by atoms with Gasteiger partial charge in [0.2, 0.25) is 0 Å². The molecule has 2 aromatic rings. The first-order valence-corrected chi connectivity index (χ1v) is 7.16. The van der Waals surface area contributed by atoms with Crippen molar-refractivity contribution in [3.63, 3.8) is 0 Å². The van der Waals surface area contributed by atoms with Crippen LogP contribution in [0, 0.1) is 13.8 Å². The second kappa shape index (κ2) is 6.89. The molecule has 2 aromatic carbocycles. The van der Waals surface area contributed by atoms with E-state index in [-0.39, 0.29) is 0 Å². The molecule has 0 aliphatic rings. The number of nitrogens with zero attached hydrogens (tertiary/aromatic N) is 1. The average molecular weight is 296 g/mol. The zero-order valence-corrected chi connectivity index (χ0v) is 12.9. The zero-order valence-electron chi connectivity index (χ0n) is 12.9. The van der Waals surface area contributed by atoms with E-state index in [1.54, 1.807) is 0 Å². The summed E-state index contributed by atoms with van der Waals surface area (Å²) in [7, 11) is 0. The Kier molecular flexibility index (Phi) is 4.94. The maximum absolute atomic E-state index is 12.1. The lowest BCUT2D eigenvalue weighted by atomic mass is 10.0. The van der Waals surface area contributed by atoms with Crippen LogP contribution in [0.5, 0.6) is 0 Å². The van der Waals surface area contributed by atoms with Crippen molar-refractivity contribution in [2.75, 3.05) is 0 Å². The van der Waals surface area contributed by atoms with Crippen LogP contribution >= 0.6 is 0 Å². The number of amides is 2. The summed E-state index contributed by atoms with van der Waals surface area (Å²) in [5.74, 6) is -1.59. The smallest absolute Gasteiger partial charge is 0.312 e. The molecule has 2 rings (SSSR count). The molecule has 0 aliphatic heterocycles. The zero-order chi connectivity index (χ0) is 16.1. The van der Waals surface area contributed by atoms with E-state index in [0.29, 0.717) is 13.1 Å².